The Hall–Kier alpha value is -3.00. The number of aliphatic hydroxyl groups excluding tert-OH is 1. The fourth-order valence-corrected chi connectivity index (χ4v) is 5.80. The first-order valence-corrected chi connectivity index (χ1v) is 16.1. The van der Waals surface area contributed by atoms with Crippen molar-refractivity contribution in [2.75, 3.05) is 19.5 Å². The van der Waals surface area contributed by atoms with Crippen molar-refractivity contribution in [1.82, 2.24) is 16.0 Å². The van der Waals surface area contributed by atoms with E-state index in [1.807, 2.05) is 0 Å². The molecule has 13 heteroatoms. The van der Waals surface area contributed by atoms with Crippen LogP contribution in [0.15, 0.2) is 29.2 Å². The highest BCUT2D eigenvalue weighted by Gasteiger charge is 2.55. The van der Waals surface area contributed by atoms with E-state index < -0.39 is 51.3 Å². The number of Topliss-reactive ketones (excluding diaryl/α,β-unsaturated/α-hetero) is 2. The summed E-state index contributed by atoms with van der Waals surface area (Å²) >= 11 is 0. The van der Waals surface area contributed by atoms with Crippen LogP contribution in [0.1, 0.15) is 69.2 Å². The molecule has 0 spiro atoms. The van der Waals surface area contributed by atoms with Crippen LogP contribution in [0.3, 0.4) is 0 Å². The Morgan fingerprint density at radius 3 is 2.21 bits per heavy atom. The monoisotopic (exact) mass is 607 g/mol. The average molecular weight is 608 g/mol. The number of amides is 2. The number of aliphatic hydroxyl groups is 1. The van der Waals surface area contributed by atoms with Crippen LogP contribution in [0.25, 0.3) is 0 Å². The second-order valence-electron chi connectivity index (χ2n) is 11.6. The number of hydrogen-bond acceptors (Lipinski definition) is 10. The average Bonchev–Trinajstić information content (AvgIpc) is 3.41. The third-order valence-corrected chi connectivity index (χ3v) is 8.87. The van der Waals surface area contributed by atoms with Crippen LogP contribution < -0.4 is 16.0 Å². The molecule has 0 radical (unpaired) electrons. The molecule has 0 bridgehead atoms. The highest BCUT2D eigenvalue weighted by molar-refractivity contribution is 7.90. The van der Waals surface area contributed by atoms with E-state index in [0.29, 0.717) is 19.1 Å². The number of nitrogens with one attached hydrogen (secondary N) is 3. The van der Waals surface area contributed by atoms with E-state index in [9.17, 15) is 37.5 Å². The second kappa shape index (κ2) is 14.5. The van der Waals surface area contributed by atoms with Gasteiger partial charge >= 0.3 is 0 Å². The number of aldehydes is 1. The lowest BCUT2D eigenvalue weighted by atomic mass is 9.82. The highest BCUT2D eigenvalue weighted by atomic mass is 32.2. The molecule has 3 rings (SSSR count). The minimum atomic E-state index is -3.48. The Balaban J connectivity index is 1.83. The van der Waals surface area contributed by atoms with Crippen molar-refractivity contribution in [1.29, 1.82) is 0 Å². The summed E-state index contributed by atoms with van der Waals surface area (Å²) in [6.45, 7) is 3.40. The molecule has 2 aliphatic rings. The van der Waals surface area contributed by atoms with Crippen LogP contribution in [0, 0.1) is 17.8 Å². The molecule has 232 valence electrons. The summed E-state index contributed by atoms with van der Waals surface area (Å²) in [7, 11) is -3.48. The number of rotatable bonds is 17. The van der Waals surface area contributed by atoms with Gasteiger partial charge in [-0.15, -0.1) is 0 Å². The molecule has 1 aliphatic heterocycles. The maximum absolute atomic E-state index is 13.6. The molecule has 1 aromatic carbocycles. The molecule has 1 aromatic rings. The number of ketones is 2. The Kier molecular flexibility index (Phi) is 11.5. The predicted octanol–water partition coefficient (Wildman–Crippen LogP) is 0.909. The van der Waals surface area contributed by atoms with E-state index in [-0.39, 0.29) is 60.6 Å². The molecule has 1 saturated heterocycles. The Bertz CT molecular complexity index is 1260. The van der Waals surface area contributed by atoms with Gasteiger partial charge in [-0.3, -0.25) is 24.5 Å². The molecule has 42 heavy (non-hydrogen) atoms. The molecule has 4 N–H and O–H groups in total. The SMILES string of the molecule is CC(CO)CC(=O)N[C@H](CC=O)N[C@H](CC(=O)c1ccc(S(C)(=O)=O)cc1)NC(=O)[C@H](C(=O)C1CCCC1)[C@]1(C)CO1. The molecular weight excluding hydrogens is 566 g/mol. The predicted molar refractivity (Wildman–Crippen MR) is 152 cm³/mol. The minimum absolute atomic E-state index is 0.0101. The van der Waals surface area contributed by atoms with E-state index in [1.54, 1.807) is 13.8 Å². The van der Waals surface area contributed by atoms with Gasteiger partial charge in [0.25, 0.3) is 0 Å². The van der Waals surface area contributed by atoms with Crippen molar-refractivity contribution in [3.63, 3.8) is 0 Å². The van der Waals surface area contributed by atoms with Gasteiger partial charge in [-0.25, -0.2) is 8.42 Å². The smallest absolute Gasteiger partial charge is 0.234 e. The molecule has 2 fully saturated rings. The number of hydrogen-bond donors (Lipinski definition) is 4. The van der Waals surface area contributed by atoms with Gasteiger partial charge in [-0.2, -0.15) is 0 Å². The molecule has 1 heterocycles. The molecule has 12 nitrogen and oxygen atoms in total. The minimum Gasteiger partial charge on any atom is -0.396 e. The van der Waals surface area contributed by atoms with Crippen molar-refractivity contribution in [2.45, 2.75) is 81.6 Å². The highest BCUT2D eigenvalue weighted by Crippen LogP contribution is 2.39. The van der Waals surface area contributed by atoms with Crippen molar-refractivity contribution in [2.24, 2.45) is 17.8 Å². The molecule has 0 aromatic heterocycles. The number of carbonyl (C=O) groups is 5. The van der Waals surface area contributed by atoms with Gasteiger partial charge in [0.1, 0.15) is 17.8 Å². The van der Waals surface area contributed by atoms with Gasteiger partial charge in [0.2, 0.25) is 11.8 Å². The first-order chi connectivity index (χ1) is 19.8. The zero-order valence-electron chi connectivity index (χ0n) is 24.3. The number of epoxide rings is 1. The van der Waals surface area contributed by atoms with E-state index in [4.69, 9.17) is 4.74 Å². The number of carbonyl (C=O) groups excluding carboxylic acids is 5. The summed E-state index contributed by atoms with van der Waals surface area (Å²) in [5, 5.41) is 17.6. The largest absolute Gasteiger partial charge is 0.396 e. The molecule has 2 amide bonds. The first kappa shape index (κ1) is 33.5. The van der Waals surface area contributed by atoms with Crippen molar-refractivity contribution in [3.05, 3.63) is 29.8 Å². The van der Waals surface area contributed by atoms with E-state index in [2.05, 4.69) is 16.0 Å². The maximum atomic E-state index is 13.6. The van der Waals surface area contributed by atoms with Crippen LogP contribution >= 0.6 is 0 Å². The van der Waals surface area contributed by atoms with Crippen LogP contribution in [-0.4, -0.2) is 80.6 Å². The second-order valence-corrected chi connectivity index (χ2v) is 13.6. The molecule has 5 atom stereocenters. The van der Waals surface area contributed by atoms with Crippen LogP contribution in [-0.2, 0) is 33.8 Å². The lowest BCUT2D eigenvalue weighted by Crippen LogP contribution is -2.58. The summed E-state index contributed by atoms with van der Waals surface area (Å²) in [6.07, 6.45) is 2.22. The Labute approximate surface area is 246 Å². The first-order valence-electron chi connectivity index (χ1n) is 14.2. The fourth-order valence-electron chi connectivity index (χ4n) is 5.17. The van der Waals surface area contributed by atoms with Gasteiger partial charge in [0.05, 0.1) is 23.8 Å². The van der Waals surface area contributed by atoms with Crippen LogP contribution in [0.4, 0.5) is 0 Å². The molecular formula is C29H41N3O9S. The fraction of sp³-hybridized carbons (Fsp3) is 0.621. The summed E-state index contributed by atoms with van der Waals surface area (Å²) in [5.74, 6) is -3.41. The molecule has 1 saturated carbocycles. The summed E-state index contributed by atoms with van der Waals surface area (Å²) in [6, 6.07) is 5.35. The normalized spacial score (nSPS) is 21.5. The maximum Gasteiger partial charge on any atom is 0.234 e. The Morgan fingerprint density at radius 1 is 1.07 bits per heavy atom. The van der Waals surface area contributed by atoms with E-state index in [0.717, 1.165) is 19.1 Å². The number of ether oxygens (including phenoxy) is 1. The quantitative estimate of drug-likeness (QED) is 0.0651. The van der Waals surface area contributed by atoms with Crippen LogP contribution in [0.5, 0.6) is 0 Å². The Morgan fingerprint density at radius 2 is 1.69 bits per heavy atom. The van der Waals surface area contributed by atoms with Crippen molar-refractivity contribution in [3.8, 4) is 0 Å². The van der Waals surface area contributed by atoms with Crippen molar-refractivity contribution >= 4 is 39.5 Å². The van der Waals surface area contributed by atoms with Gasteiger partial charge in [0.15, 0.2) is 21.4 Å². The molecule has 1 aliphatic carbocycles. The van der Waals surface area contributed by atoms with Crippen molar-refractivity contribution < 1.29 is 42.2 Å². The zero-order chi connectivity index (χ0) is 31.1. The van der Waals surface area contributed by atoms with Crippen LogP contribution in [0.2, 0.25) is 0 Å². The van der Waals surface area contributed by atoms with Gasteiger partial charge in [-0.1, -0.05) is 31.9 Å². The van der Waals surface area contributed by atoms with Gasteiger partial charge in [-0.05, 0) is 37.8 Å². The topological polar surface area (TPSA) is 188 Å². The number of sulfone groups is 1. The standard InChI is InChI=1S/C29H41N3O9S/c1-18(16-34)14-25(36)31-23(12-13-33)30-24(15-22(35)19-8-10-21(11-9-19)42(3,39)40)32-28(38)26(29(2)17-41-29)27(37)20-6-4-5-7-20/h8-11,13,18,20,23-24,26,30,34H,4-7,12,14-17H2,1-3H3,(H,31,36)(H,32,38)/t18?,23-,24+,26+,29+/m1/s1. The summed E-state index contributed by atoms with van der Waals surface area (Å²) < 4.78 is 29.1. The van der Waals surface area contributed by atoms with Gasteiger partial charge in [0, 0.05) is 43.6 Å². The lowest BCUT2D eigenvalue weighted by Gasteiger charge is -2.29. The number of benzene rings is 1. The van der Waals surface area contributed by atoms with E-state index >= 15 is 0 Å². The lowest BCUT2D eigenvalue weighted by molar-refractivity contribution is -0.139. The molecule has 1 unspecified atom stereocenters. The third kappa shape index (κ3) is 9.25. The zero-order valence-corrected chi connectivity index (χ0v) is 25.1. The van der Waals surface area contributed by atoms with E-state index in [1.165, 1.54) is 24.3 Å². The summed E-state index contributed by atoms with van der Waals surface area (Å²) in [5.41, 5.74) is -0.774. The third-order valence-electron chi connectivity index (χ3n) is 7.74. The van der Waals surface area contributed by atoms with Gasteiger partial charge < -0.3 is 25.3 Å². The summed E-state index contributed by atoms with van der Waals surface area (Å²) in [4.78, 5) is 64.3.